The Morgan fingerprint density at radius 2 is 2.47 bits per heavy atom. The van der Waals surface area contributed by atoms with E-state index in [2.05, 4.69) is 24.1 Å². The average Bonchev–Trinajstić information content (AvgIpc) is 3.03. The fourth-order valence-electron chi connectivity index (χ4n) is 2.43. The van der Waals surface area contributed by atoms with Crippen LogP contribution in [-0.2, 0) is 22.5 Å². The Morgan fingerprint density at radius 3 is 3.16 bits per heavy atom. The number of amides is 1. The zero-order valence-corrected chi connectivity index (χ0v) is 11.8. The second-order valence-electron chi connectivity index (χ2n) is 5.32. The summed E-state index contributed by atoms with van der Waals surface area (Å²) in [6.45, 7) is 6.23. The number of aryl methyl sites for hydroxylation is 2. The van der Waals surface area contributed by atoms with Gasteiger partial charge in [0.05, 0.1) is 5.60 Å². The molecule has 0 saturated carbocycles. The Morgan fingerprint density at radius 1 is 1.63 bits per heavy atom. The maximum Gasteiger partial charge on any atom is 0.221 e. The van der Waals surface area contributed by atoms with Gasteiger partial charge in [-0.2, -0.15) is 0 Å². The van der Waals surface area contributed by atoms with Crippen LogP contribution in [0.25, 0.3) is 0 Å². The molecule has 5 nitrogen and oxygen atoms in total. The molecule has 1 atom stereocenters. The van der Waals surface area contributed by atoms with Crippen LogP contribution in [0, 0.1) is 0 Å². The summed E-state index contributed by atoms with van der Waals surface area (Å²) < 4.78 is 7.68. The van der Waals surface area contributed by atoms with Crippen molar-refractivity contribution in [3.05, 3.63) is 18.2 Å². The van der Waals surface area contributed by atoms with Crippen molar-refractivity contribution in [1.29, 1.82) is 0 Å². The predicted octanol–water partition coefficient (Wildman–Crippen LogP) is 1.52. The molecule has 0 unspecified atom stereocenters. The van der Waals surface area contributed by atoms with Crippen molar-refractivity contribution in [2.24, 2.45) is 0 Å². The second kappa shape index (κ2) is 6.19. The number of aromatic nitrogens is 2. The number of nitrogens with zero attached hydrogens (tertiary/aromatic N) is 2. The zero-order valence-electron chi connectivity index (χ0n) is 11.8. The molecular weight excluding hydrogens is 242 g/mol. The SMILES string of the molecule is CCc1nccn1CCC(=O)NC[C@]1(C)CCCO1. The highest BCUT2D eigenvalue weighted by molar-refractivity contribution is 5.75. The van der Waals surface area contributed by atoms with Crippen LogP contribution in [0.15, 0.2) is 12.4 Å². The first-order chi connectivity index (χ1) is 9.13. The fourth-order valence-corrected chi connectivity index (χ4v) is 2.43. The topological polar surface area (TPSA) is 56.2 Å². The van der Waals surface area contributed by atoms with Crippen molar-refractivity contribution >= 4 is 5.91 Å². The maximum atomic E-state index is 11.8. The molecule has 1 aromatic heterocycles. The molecule has 19 heavy (non-hydrogen) atoms. The number of carbonyl (C=O) groups is 1. The van der Waals surface area contributed by atoms with Gasteiger partial charge < -0.3 is 14.6 Å². The molecule has 5 heteroatoms. The van der Waals surface area contributed by atoms with Crippen LogP contribution < -0.4 is 5.32 Å². The van der Waals surface area contributed by atoms with E-state index in [1.165, 1.54) is 0 Å². The Balaban J connectivity index is 1.73. The van der Waals surface area contributed by atoms with Gasteiger partial charge in [-0.1, -0.05) is 6.92 Å². The number of hydrogen-bond acceptors (Lipinski definition) is 3. The number of hydrogen-bond donors (Lipinski definition) is 1. The summed E-state index contributed by atoms with van der Waals surface area (Å²) >= 11 is 0. The minimum Gasteiger partial charge on any atom is -0.373 e. The minimum atomic E-state index is -0.167. The number of ether oxygens (including phenoxy) is 1. The molecule has 1 aromatic rings. The van der Waals surface area contributed by atoms with Crippen molar-refractivity contribution in [2.75, 3.05) is 13.2 Å². The summed E-state index contributed by atoms with van der Waals surface area (Å²) in [6, 6.07) is 0. The molecule has 2 heterocycles. The highest BCUT2D eigenvalue weighted by Crippen LogP contribution is 2.23. The van der Waals surface area contributed by atoms with Crippen LogP contribution in [0.3, 0.4) is 0 Å². The summed E-state index contributed by atoms with van der Waals surface area (Å²) in [5.41, 5.74) is -0.167. The lowest BCUT2D eigenvalue weighted by Crippen LogP contribution is -2.40. The van der Waals surface area contributed by atoms with E-state index >= 15 is 0 Å². The third kappa shape index (κ3) is 3.80. The molecule has 0 aromatic carbocycles. The molecular formula is C14H23N3O2. The van der Waals surface area contributed by atoms with Gasteiger partial charge in [-0.05, 0) is 19.8 Å². The quantitative estimate of drug-likeness (QED) is 0.848. The van der Waals surface area contributed by atoms with E-state index in [1.54, 1.807) is 6.20 Å². The van der Waals surface area contributed by atoms with Gasteiger partial charge in [-0.15, -0.1) is 0 Å². The smallest absolute Gasteiger partial charge is 0.221 e. The van der Waals surface area contributed by atoms with Gasteiger partial charge in [0.2, 0.25) is 5.91 Å². The third-order valence-electron chi connectivity index (χ3n) is 3.66. The lowest BCUT2D eigenvalue weighted by molar-refractivity contribution is -0.122. The van der Waals surface area contributed by atoms with Gasteiger partial charge in [0, 0.05) is 44.9 Å². The van der Waals surface area contributed by atoms with Crippen molar-refractivity contribution in [1.82, 2.24) is 14.9 Å². The first-order valence-electron chi connectivity index (χ1n) is 7.03. The van der Waals surface area contributed by atoms with E-state index in [0.29, 0.717) is 19.5 Å². The molecule has 0 spiro atoms. The third-order valence-corrected chi connectivity index (χ3v) is 3.66. The molecule has 2 rings (SSSR count). The number of imidazole rings is 1. The molecule has 1 saturated heterocycles. The summed E-state index contributed by atoms with van der Waals surface area (Å²) in [6.07, 6.45) is 7.19. The molecule has 1 fully saturated rings. The summed E-state index contributed by atoms with van der Waals surface area (Å²) in [5.74, 6) is 1.10. The molecule has 0 radical (unpaired) electrons. The van der Waals surface area contributed by atoms with Gasteiger partial charge in [-0.3, -0.25) is 4.79 Å². The van der Waals surface area contributed by atoms with Crippen LogP contribution in [0.2, 0.25) is 0 Å². The summed E-state index contributed by atoms with van der Waals surface area (Å²) in [7, 11) is 0. The van der Waals surface area contributed by atoms with E-state index in [1.807, 2.05) is 10.8 Å². The van der Waals surface area contributed by atoms with E-state index in [0.717, 1.165) is 31.7 Å². The van der Waals surface area contributed by atoms with Crippen molar-refractivity contribution in [3.8, 4) is 0 Å². The lowest BCUT2D eigenvalue weighted by atomic mass is 10.0. The Hall–Kier alpha value is -1.36. The van der Waals surface area contributed by atoms with Gasteiger partial charge in [0.15, 0.2) is 0 Å². The van der Waals surface area contributed by atoms with Crippen molar-refractivity contribution in [3.63, 3.8) is 0 Å². The highest BCUT2D eigenvalue weighted by atomic mass is 16.5. The van der Waals surface area contributed by atoms with E-state index in [-0.39, 0.29) is 11.5 Å². The van der Waals surface area contributed by atoms with Crippen LogP contribution >= 0.6 is 0 Å². The first kappa shape index (κ1) is 14.1. The summed E-state index contributed by atoms with van der Waals surface area (Å²) in [5, 5.41) is 2.97. The fraction of sp³-hybridized carbons (Fsp3) is 0.714. The lowest BCUT2D eigenvalue weighted by Gasteiger charge is -2.23. The van der Waals surface area contributed by atoms with Gasteiger partial charge in [0.25, 0.3) is 0 Å². The minimum absolute atomic E-state index is 0.0764. The average molecular weight is 265 g/mol. The standard InChI is InChI=1S/C14H23N3O2/c1-3-12-15-7-9-17(12)8-5-13(18)16-11-14(2)6-4-10-19-14/h7,9H,3-6,8,10-11H2,1-2H3,(H,16,18)/t14-/m0/s1. The molecule has 1 N–H and O–H groups in total. The van der Waals surface area contributed by atoms with Gasteiger partial charge >= 0.3 is 0 Å². The molecule has 1 aliphatic heterocycles. The molecule has 106 valence electrons. The Labute approximate surface area is 114 Å². The highest BCUT2D eigenvalue weighted by Gasteiger charge is 2.29. The number of carbonyl (C=O) groups excluding carboxylic acids is 1. The maximum absolute atomic E-state index is 11.8. The monoisotopic (exact) mass is 265 g/mol. The molecule has 1 aliphatic rings. The Bertz CT molecular complexity index is 422. The first-order valence-corrected chi connectivity index (χ1v) is 7.03. The van der Waals surface area contributed by atoms with Crippen molar-refractivity contribution < 1.29 is 9.53 Å². The zero-order chi connectivity index (χ0) is 13.7. The van der Waals surface area contributed by atoms with Crippen LogP contribution in [0.1, 0.15) is 38.9 Å². The van der Waals surface area contributed by atoms with Gasteiger partial charge in [0.1, 0.15) is 5.82 Å². The van der Waals surface area contributed by atoms with Crippen LogP contribution in [0.4, 0.5) is 0 Å². The largest absolute Gasteiger partial charge is 0.373 e. The Kier molecular flexibility index (Phi) is 4.58. The molecule has 0 aliphatic carbocycles. The predicted molar refractivity (Wildman–Crippen MR) is 72.8 cm³/mol. The van der Waals surface area contributed by atoms with Crippen molar-refractivity contribution in [2.45, 2.75) is 51.7 Å². The van der Waals surface area contributed by atoms with Gasteiger partial charge in [-0.25, -0.2) is 4.98 Å². The van der Waals surface area contributed by atoms with E-state index in [4.69, 9.17) is 4.74 Å². The normalized spacial score (nSPS) is 22.6. The summed E-state index contributed by atoms with van der Waals surface area (Å²) in [4.78, 5) is 16.1. The number of rotatable bonds is 6. The number of nitrogens with one attached hydrogen (secondary N) is 1. The molecule has 0 bridgehead atoms. The molecule has 1 amide bonds. The van der Waals surface area contributed by atoms with E-state index in [9.17, 15) is 4.79 Å². The van der Waals surface area contributed by atoms with Crippen LogP contribution in [0.5, 0.6) is 0 Å². The van der Waals surface area contributed by atoms with Crippen LogP contribution in [-0.4, -0.2) is 34.2 Å². The second-order valence-corrected chi connectivity index (χ2v) is 5.32. The van der Waals surface area contributed by atoms with E-state index < -0.39 is 0 Å².